The van der Waals surface area contributed by atoms with E-state index in [0.29, 0.717) is 0 Å². The van der Waals surface area contributed by atoms with Crippen LogP contribution in [-0.2, 0) is 0 Å². The Kier molecular flexibility index (Phi) is 4.06. The molecule has 2 N–H and O–H groups in total. The van der Waals surface area contributed by atoms with Crippen LogP contribution in [-0.4, -0.2) is 23.7 Å². The first kappa shape index (κ1) is 13.4. The van der Waals surface area contributed by atoms with Crippen molar-refractivity contribution in [2.75, 3.05) is 6.54 Å². The highest BCUT2D eigenvalue weighted by atomic mass is 19.2. The molecule has 0 unspecified atom stereocenters. The Bertz CT molecular complexity index is 448. The fourth-order valence-corrected chi connectivity index (χ4v) is 1.07. The third kappa shape index (κ3) is 2.94. The average Bonchev–Trinajstić information content (AvgIpc) is 2.28. The fraction of sp³-hybridized carbons (Fsp3) is 0.300. The summed E-state index contributed by atoms with van der Waals surface area (Å²) in [6, 6.07) is 0.255. The molecule has 7 heteroatoms. The number of aliphatic hydroxyl groups excluding tert-OH is 1. The van der Waals surface area contributed by atoms with E-state index in [0.717, 1.165) is 0 Å². The monoisotopic (exact) mass is 251 g/mol. The molecule has 3 nitrogen and oxygen atoms in total. The number of hydrogen-bond donors (Lipinski definition) is 2. The van der Waals surface area contributed by atoms with Gasteiger partial charge in [0.2, 0.25) is 0 Å². The Morgan fingerprint density at radius 1 is 1.29 bits per heavy atom. The summed E-state index contributed by atoms with van der Waals surface area (Å²) in [6.45, 7) is 1.13. The fourth-order valence-electron chi connectivity index (χ4n) is 1.07. The van der Waals surface area contributed by atoms with Crippen molar-refractivity contribution in [1.82, 2.24) is 5.32 Å². The van der Waals surface area contributed by atoms with Gasteiger partial charge in [-0.25, -0.2) is 17.6 Å². The van der Waals surface area contributed by atoms with Crippen LogP contribution in [0.1, 0.15) is 17.3 Å². The summed E-state index contributed by atoms with van der Waals surface area (Å²) < 4.78 is 51.3. The summed E-state index contributed by atoms with van der Waals surface area (Å²) in [5.41, 5.74) is -0.956. The molecule has 94 valence electrons. The number of aliphatic hydroxyl groups is 1. The van der Waals surface area contributed by atoms with E-state index in [9.17, 15) is 22.4 Å². The van der Waals surface area contributed by atoms with Gasteiger partial charge in [-0.3, -0.25) is 4.79 Å². The average molecular weight is 251 g/mol. The molecule has 1 rings (SSSR count). The lowest BCUT2D eigenvalue weighted by atomic mass is 10.1. The Hall–Kier alpha value is -1.63. The topological polar surface area (TPSA) is 49.3 Å². The largest absolute Gasteiger partial charge is 0.392 e. The van der Waals surface area contributed by atoms with Gasteiger partial charge < -0.3 is 10.4 Å². The van der Waals surface area contributed by atoms with E-state index in [1.165, 1.54) is 6.92 Å². The van der Waals surface area contributed by atoms with Crippen LogP contribution in [0.4, 0.5) is 17.6 Å². The van der Waals surface area contributed by atoms with Gasteiger partial charge in [-0.15, -0.1) is 0 Å². The van der Waals surface area contributed by atoms with Crippen molar-refractivity contribution in [1.29, 1.82) is 0 Å². The number of carbonyl (C=O) groups excluding carboxylic acids is 1. The number of halogens is 4. The van der Waals surface area contributed by atoms with Crippen molar-refractivity contribution in [3.8, 4) is 0 Å². The second-order valence-corrected chi connectivity index (χ2v) is 3.41. The minimum Gasteiger partial charge on any atom is -0.392 e. The van der Waals surface area contributed by atoms with Crippen LogP contribution in [0.2, 0.25) is 0 Å². The van der Waals surface area contributed by atoms with Crippen LogP contribution in [0.15, 0.2) is 6.07 Å². The second kappa shape index (κ2) is 5.13. The van der Waals surface area contributed by atoms with Gasteiger partial charge in [-0.2, -0.15) is 0 Å². The highest BCUT2D eigenvalue weighted by Gasteiger charge is 2.22. The summed E-state index contributed by atoms with van der Waals surface area (Å²) in [4.78, 5) is 11.3. The molecule has 0 aromatic heterocycles. The maximum absolute atomic E-state index is 13.1. The Labute approximate surface area is 94.1 Å². The van der Waals surface area contributed by atoms with Crippen LogP contribution in [0, 0.1) is 23.3 Å². The number of amides is 1. The molecule has 1 amide bonds. The lowest BCUT2D eigenvalue weighted by Crippen LogP contribution is -2.31. The lowest BCUT2D eigenvalue weighted by Gasteiger charge is -2.08. The van der Waals surface area contributed by atoms with Gasteiger partial charge in [0.15, 0.2) is 23.3 Å². The normalized spacial score (nSPS) is 12.4. The number of carbonyl (C=O) groups is 1. The first-order chi connectivity index (χ1) is 7.84. The van der Waals surface area contributed by atoms with E-state index in [-0.39, 0.29) is 12.6 Å². The molecule has 0 radical (unpaired) electrons. The van der Waals surface area contributed by atoms with Crippen LogP contribution in [0.5, 0.6) is 0 Å². The molecule has 0 aliphatic rings. The van der Waals surface area contributed by atoms with Gasteiger partial charge in [-0.05, 0) is 13.0 Å². The first-order valence-corrected chi connectivity index (χ1v) is 4.63. The van der Waals surface area contributed by atoms with E-state index < -0.39 is 40.8 Å². The molecule has 1 atom stereocenters. The molecule has 0 heterocycles. The number of hydrogen-bond acceptors (Lipinski definition) is 2. The highest BCUT2D eigenvalue weighted by molar-refractivity contribution is 5.94. The summed E-state index contributed by atoms with van der Waals surface area (Å²) in [6.07, 6.45) is -0.905. The zero-order valence-corrected chi connectivity index (χ0v) is 8.73. The van der Waals surface area contributed by atoms with Gasteiger partial charge >= 0.3 is 0 Å². The number of benzene rings is 1. The van der Waals surface area contributed by atoms with E-state index in [1.807, 2.05) is 5.32 Å². The van der Waals surface area contributed by atoms with Gasteiger partial charge in [0, 0.05) is 6.54 Å². The van der Waals surface area contributed by atoms with Crippen LogP contribution in [0.25, 0.3) is 0 Å². The molecule has 0 bridgehead atoms. The molecule has 0 saturated heterocycles. The second-order valence-electron chi connectivity index (χ2n) is 3.41. The molecule has 0 aliphatic heterocycles. The summed E-state index contributed by atoms with van der Waals surface area (Å²) in [5.74, 6) is -8.60. The molecule has 17 heavy (non-hydrogen) atoms. The maximum Gasteiger partial charge on any atom is 0.254 e. The molecular formula is C10H9F4NO2. The Morgan fingerprint density at radius 2 is 1.88 bits per heavy atom. The number of rotatable bonds is 3. The minimum absolute atomic E-state index is 0.223. The van der Waals surface area contributed by atoms with Crippen molar-refractivity contribution in [3.05, 3.63) is 34.9 Å². The van der Waals surface area contributed by atoms with E-state index >= 15 is 0 Å². The number of nitrogens with one attached hydrogen (secondary N) is 1. The molecular weight excluding hydrogens is 242 g/mol. The summed E-state index contributed by atoms with van der Waals surface area (Å²) >= 11 is 0. The Balaban J connectivity index is 3.02. The molecule has 1 aromatic carbocycles. The molecule has 0 saturated carbocycles. The maximum atomic E-state index is 13.1. The zero-order chi connectivity index (χ0) is 13.2. The smallest absolute Gasteiger partial charge is 0.254 e. The quantitative estimate of drug-likeness (QED) is 0.484. The SMILES string of the molecule is C[C@H](O)CNC(=O)c1cc(F)c(F)c(F)c1F. The summed E-state index contributed by atoms with van der Waals surface area (Å²) in [7, 11) is 0. The van der Waals surface area contributed by atoms with Crippen LogP contribution >= 0.6 is 0 Å². The lowest BCUT2D eigenvalue weighted by molar-refractivity contribution is 0.0918. The molecule has 0 aliphatic carbocycles. The zero-order valence-electron chi connectivity index (χ0n) is 8.73. The standard InChI is InChI=1S/C10H9F4NO2/c1-4(16)3-15-10(17)5-2-6(11)8(13)9(14)7(5)12/h2,4,16H,3H2,1H3,(H,15,17)/t4-/m0/s1. The third-order valence-corrected chi connectivity index (χ3v) is 1.91. The van der Waals surface area contributed by atoms with Gasteiger partial charge in [-0.1, -0.05) is 0 Å². The van der Waals surface area contributed by atoms with Gasteiger partial charge in [0.05, 0.1) is 11.7 Å². The van der Waals surface area contributed by atoms with Crippen molar-refractivity contribution in [3.63, 3.8) is 0 Å². The predicted molar refractivity (Wildman–Crippen MR) is 50.3 cm³/mol. The predicted octanol–water partition coefficient (Wildman–Crippen LogP) is 1.35. The van der Waals surface area contributed by atoms with E-state index in [1.54, 1.807) is 0 Å². The van der Waals surface area contributed by atoms with Gasteiger partial charge in [0.1, 0.15) is 0 Å². The summed E-state index contributed by atoms with van der Waals surface area (Å²) in [5, 5.41) is 10.9. The van der Waals surface area contributed by atoms with Crippen molar-refractivity contribution in [2.24, 2.45) is 0 Å². The Morgan fingerprint density at radius 3 is 2.41 bits per heavy atom. The van der Waals surface area contributed by atoms with Crippen LogP contribution < -0.4 is 5.32 Å². The van der Waals surface area contributed by atoms with Crippen molar-refractivity contribution >= 4 is 5.91 Å². The third-order valence-electron chi connectivity index (χ3n) is 1.91. The molecule has 1 aromatic rings. The van der Waals surface area contributed by atoms with Crippen molar-refractivity contribution in [2.45, 2.75) is 13.0 Å². The van der Waals surface area contributed by atoms with Gasteiger partial charge in [0.25, 0.3) is 5.91 Å². The van der Waals surface area contributed by atoms with Crippen LogP contribution in [0.3, 0.4) is 0 Å². The molecule has 0 spiro atoms. The molecule has 0 fully saturated rings. The minimum atomic E-state index is -2.05. The van der Waals surface area contributed by atoms with Crippen molar-refractivity contribution < 1.29 is 27.5 Å². The highest BCUT2D eigenvalue weighted by Crippen LogP contribution is 2.18. The van der Waals surface area contributed by atoms with E-state index in [2.05, 4.69) is 0 Å². The van der Waals surface area contributed by atoms with E-state index in [4.69, 9.17) is 5.11 Å². The first-order valence-electron chi connectivity index (χ1n) is 4.63.